The van der Waals surface area contributed by atoms with Gasteiger partial charge in [-0.05, 0) is 55.3 Å². The number of hydrogen-bond donors (Lipinski definition) is 2. The minimum atomic E-state index is -0.450. The number of aryl methyl sites for hydroxylation is 1. The number of benzene rings is 2. The number of nitrogens with two attached hydrogens (primary N) is 1. The molecular formula is C21H19ClFN3O2. The van der Waals surface area contributed by atoms with Gasteiger partial charge in [-0.3, -0.25) is 4.79 Å². The van der Waals surface area contributed by atoms with Crippen LogP contribution in [0.15, 0.2) is 54.7 Å². The van der Waals surface area contributed by atoms with E-state index in [0.717, 1.165) is 5.56 Å². The van der Waals surface area contributed by atoms with Crippen LogP contribution in [0, 0.1) is 12.7 Å². The Morgan fingerprint density at radius 3 is 2.79 bits per heavy atom. The van der Waals surface area contributed by atoms with Crippen LogP contribution >= 0.6 is 11.6 Å². The molecule has 1 aromatic heterocycles. The molecule has 0 saturated carbocycles. The first kappa shape index (κ1) is 19.6. The van der Waals surface area contributed by atoms with Crippen LogP contribution in [0.1, 0.15) is 34.5 Å². The second kappa shape index (κ2) is 8.27. The Morgan fingerprint density at radius 1 is 1.25 bits per heavy atom. The third kappa shape index (κ3) is 4.78. The Balaban J connectivity index is 1.76. The molecule has 5 nitrogen and oxygen atoms in total. The lowest BCUT2D eigenvalue weighted by Crippen LogP contribution is -2.13. The molecular weight excluding hydrogens is 381 g/mol. The number of anilines is 2. The highest BCUT2D eigenvalue weighted by Crippen LogP contribution is 2.29. The molecule has 0 spiro atoms. The summed E-state index contributed by atoms with van der Waals surface area (Å²) in [6.07, 6.45) is 1.08. The molecule has 0 bridgehead atoms. The molecule has 2 aromatic carbocycles. The van der Waals surface area contributed by atoms with Crippen LogP contribution in [0.3, 0.4) is 0 Å². The number of carbonyl (C=O) groups excluding carboxylic acids is 1. The number of hydrogen-bond acceptors (Lipinski definition) is 4. The number of halogens is 2. The molecule has 0 aliphatic carbocycles. The van der Waals surface area contributed by atoms with Crippen molar-refractivity contribution in [1.82, 2.24) is 4.98 Å². The molecule has 1 amide bonds. The van der Waals surface area contributed by atoms with E-state index in [4.69, 9.17) is 22.1 Å². The van der Waals surface area contributed by atoms with Gasteiger partial charge in [-0.1, -0.05) is 23.7 Å². The van der Waals surface area contributed by atoms with Gasteiger partial charge in [0.1, 0.15) is 11.9 Å². The van der Waals surface area contributed by atoms with Gasteiger partial charge >= 0.3 is 0 Å². The van der Waals surface area contributed by atoms with E-state index in [0.29, 0.717) is 22.0 Å². The Hall–Kier alpha value is -3.12. The second-order valence-electron chi connectivity index (χ2n) is 6.39. The summed E-state index contributed by atoms with van der Waals surface area (Å²) in [5.41, 5.74) is 8.13. The van der Waals surface area contributed by atoms with Gasteiger partial charge in [0.05, 0.1) is 5.02 Å². The van der Waals surface area contributed by atoms with E-state index in [1.54, 1.807) is 37.3 Å². The van der Waals surface area contributed by atoms with Crippen molar-refractivity contribution < 1.29 is 13.9 Å². The van der Waals surface area contributed by atoms with Gasteiger partial charge in [0, 0.05) is 23.5 Å². The summed E-state index contributed by atoms with van der Waals surface area (Å²) < 4.78 is 19.4. The first-order valence-corrected chi connectivity index (χ1v) is 8.96. The van der Waals surface area contributed by atoms with Crippen molar-refractivity contribution in [3.63, 3.8) is 0 Å². The average molecular weight is 400 g/mol. The molecule has 144 valence electrons. The number of nitrogens with one attached hydrogen (secondary N) is 1. The molecule has 7 heteroatoms. The van der Waals surface area contributed by atoms with Crippen molar-refractivity contribution in [2.75, 3.05) is 11.1 Å². The predicted molar refractivity (Wildman–Crippen MR) is 108 cm³/mol. The largest absolute Gasteiger partial charge is 0.482 e. The summed E-state index contributed by atoms with van der Waals surface area (Å²) in [5.74, 6) is -0.225. The second-order valence-corrected chi connectivity index (χ2v) is 6.83. The van der Waals surface area contributed by atoms with Crippen molar-refractivity contribution in [3.05, 3.63) is 82.3 Å². The molecule has 0 saturated heterocycles. The lowest BCUT2D eigenvalue weighted by Gasteiger charge is -2.17. The Kier molecular flexibility index (Phi) is 5.80. The standard InChI is InChI=1S/C21H19ClFN3O2/c1-12-6-15(8-17(23)7-12)21(27)26-18-5-3-4-14(9-18)13(2)28-19-10-16(22)11-25-20(19)24/h3-11,13H,1-2H3,(H2,24,25)(H,26,27)/t13-/m1/s1. The first-order valence-electron chi connectivity index (χ1n) is 8.58. The molecule has 1 heterocycles. The average Bonchev–Trinajstić information content (AvgIpc) is 2.64. The van der Waals surface area contributed by atoms with Gasteiger partial charge in [0.2, 0.25) is 0 Å². The number of ether oxygens (including phenoxy) is 1. The van der Waals surface area contributed by atoms with Crippen LogP contribution < -0.4 is 15.8 Å². The van der Waals surface area contributed by atoms with Crippen LogP contribution in [0.25, 0.3) is 0 Å². The number of carbonyl (C=O) groups is 1. The summed E-state index contributed by atoms with van der Waals surface area (Å²) in [6.45, 7) is 3.58. The van der Waals surface area contributed by atoms with Crippen molar-refractivity contribution >= 4 is 29.0 Å². The minimum Gasteiger partial charge on any atom is -0.482 e. The molecule has 0 radical (unpaired) electrons. The van der Waals surface area contributed by atoms with E-state index in [1.165, 1.54) is 18.3 Å². The third-order valence-corrected chi connectivity index (χ3v) is 4.28. The van der Waals surface area contributed by atoms with Crippen LogP contribution in [0.4, 0.5) is 15.9 Å². The molecule has 0 unspecified atom stereocenters. The summed E-state index contributed by atoms with van der Waals surface area (Å²) in [5, 5.41) is 3.19. The number of pyridine rings is 1. The number of amides is 1. The van der Waals surface area contributed by atoms with Crippen LogP contribution in [-0.2, 0) is 0 Å². The van der Waals surface area contributed by atoms with Gasteiger partial charge in [-0.2, -0.15) is 0 Å². The summed E-state index contributed by atoms with van der Waals surface area (Å²) in [7, 11) is 0. The summed E-state index contributed by atoms with van der Waals surface area (Å²) >= 11 is 5.94. The topological polar surface area (TPSA) is 77.2 Å². The quantitative estimate of drug-likeness (QED) is 0.621. The van der Waals surface area contributed by atoms with E-state index in [2.05, 4.69) is 10.3 Å². The van der Waals surface area contributed by atoms with Gasteiger partial charge < -0.3 is 15.8 Å². The fraction of sp³-hybridized carbons (Fsp3) is 0.143. The van der Waals surface area contributed by atoms with E-state index in [-0.39, 0.29) is 17.5 Å². The van der Waals surface area contributed by atoms with Crippen LogP contribution in [0.2, 0.25) is 5.02 Å². The lowest BCUT2D eigenvalue weighted by molar-refractivity contribution is 0.102. The van der Waals surface area contributed by atoms with Crippen LogP contribution in [0.5, 0.6) is 5.75 Å². The maximum absolute atomic E-state index is 13.5. The normalized spacial score (nSPS) is 11.7. The van der Waals surface area contributed by atoms with Crippen molar-refractivity contribution in [1.29, 1.82) is 0 Å². The highest BCUT2D eigenvalue weighted by Gasteiger charge is 2.13. The minimum absolute atomic E-state index is 0.238. The highest BCUT2D eigenvalue weighted by molar-refractivity contribution is 6.30. The smallest absolute Gasteiger partial charge is 0.255 e. The van der Waals surface area contributed by atoms with Gasteiger partial charge in [-0.25, -0.2) is 9.37 Å². The fourth-order valence-corrected chi connectivity index (χ4v) is 2.87. The van der Waals surface area contributed by atoms with E-state index in [1.807, 2.05) is 13.0 Å². The maximum atomic E-state index is 13.5. The van der Waals surface area contributed by atoms with Crippen LogP contribution in [-0.4, -0.2) is 10.9 Å². The van der Waals surface area contributed by atoms with Crippen molar-refractivity contribution in [2.24, 2.45) is 0 Å². The van der Waals surface area contributed by atoms with Gasteiger partial charge in [-0.15, -0.1) is 0 Å². The Labute approximate surface area is 167 Å². The molecule has 0 fully saturated rings. The molecule has 3 aromatic rings. The predicted octanol–water partition coefficient (Wildman–Crippen LogP) is 5.16. The Bertz CT molecular complexity index is 1010. The maximum Gasteiger partial charge on any atom is 0.255 e. The van der Waals surface area contributed by atoms with E-state index in [9.17, 15) is 9.18 Å². The molecule has 28 heavy (non-hydrogen) atoms. The zero-order valence-corrected chi connectivity index (χ0v) is 16.1. The van der Waals surface area contributed by atoms with E-state index < -0.39 is 11.7 Å². The fourth-order valence-electron chi connectivity index (χ4n) is 2.72. The van der Waals surface area contributed by atoms with E-state index >= 15 is 0 Å². The Morgan fingerprint density at radius 2 is 2.04 bits per heavy atom. The molecule has 0 aliphatic heterocycles. The third-order valence-electron chi connectivity index (χ3n) is 4.07. The van der Waals surface area contributed by atoms with Gasteiger partial charge in [0.25, 0.3) is 5.91 Å². The van der Waals surface area contributed by atoms with Crippen molar-refractivity contribution in [2.45, 2.75) is 20.0 Å². The molecule has 3 N–H and O–H groups in total. The first-order chi connectivity index (χ1) is 13.3. The molecule has 3 rings (SSSR count). The lowest BCUT2D eigenvalue weighted by atomic mass is 10.1. The molecule has 0 aliphatic rings. The van der Waals surface area contributed by atoms with Gasteiger partial charge in [0.15, 0.2) is 11.6 Å². The van der Waals surface area contributed by atoms with Crippen molar-refractivity contribution in [3.8, 4) is 5.75 Å². The summed E-state index contributed by atoms with van der Waals surface area (Å²) in [4.78, 5) is 16.4. The zero-order chi connectivity index (χ0) is 20.3. The number of aromatic nitrogens is 1. The monoisotopic (exact) mass is 399 g/mol. The SMILES string of the molecule is Cc1cc(F)cc(C(=O)Nc2cccc([C@@H](C)Oc3cc(Cl)cnc3N)c2)c1. The summed E-state index contributed by atoms with van der Waals surface area (Å²) in [6, 6.07) is 13.0. The number of rotatable bonds is 5. The number of nitrogens with zero attached hydrogens (tertiary/aromatic N) is 1. The molecule has 1 atom stereocenters. The zero-order valence-electron chi connectivity index (χ0n) is 15.4. The number of nitrogen functional groups attached to an aromatic ring is 1. The highest BCUT2D eigenvalue weighted by atomic mass is 35.5.